The van der Waals surface area contributed by atoms with Crippen molar-refractivity contribution < 1.29 is 4.79 Å². The van der Waals surface area contributed by atoms with Gasteiger partial charge in [0.15, 0.2) is 10.9 Å². The van der Waals surface area contributed by atoms with Crippen molar-refractivity contribution in [3.05, 3.63) is 56.7 Å². The van der Waals surface area contributed by atoms with Gasteiger partial charge in [-0.2, -0.15) is 0 Å². The second-order valence-corrected chi connectivity index (χ2v) is 8.24. The molecule has 1 aliphatic carbocycles. The maximum absolute atomic E-state index is 12.6. The van der Waals surface area contributed by atoms with Crippen LogP contribution in [0.25, 0.3) is 10.2 Å². The Morgan fingerprint density at radius 2 is 1.96 bits per heavy atom. The number of carbonyl (C=O) groups excluding carboxylic acids is 1. The fraction of sp³-hybridized carbons (Fsp3) is 0.316. The molecule has 0 saturated heterocycles. The van der Waals surface area contributed by atoms with Gasteiger partial charge in [-0.25, -0.2) is 4.98 Å². The second-order valence-electron chi connectivity index (χ2n) is 6.19. The first-order valence-electron chi connectivity index (χ1n) is 8.48. The largest absolute Gasteiger partial charge is 0.301 e. The average Bonchev–Trinajstić information content (AvgIpc) is 2.82. The molecular formula is C19H18N2O2S2. The molecule has 3 aromatic rings. The number of thioether (sulfide) groups is 1. The Morgan fingerprint density at radius 3 is 2.80 bits per heavy atom. The average molecular weight is 370 g/mol. The third-order valence-electron chi connectivity index (χ3n) is 4.49. The van der Waals surface area contributed by atoms with E-state index >= 15 is 0 Å². The van der Waals surface area contributed by atoms with Crippen molar-refractivity contribution in [2.75, 3.05) is 5.75 Å². The molecule has 0 unspecified atom stereocenters. The highest BCUT2D eigenvalue weighted by atomic mass is 32.2. The topological polar surface area (TPSA) is 62.8 Å². The maximum Gasteiger partial charge on any atom is 0.260 e. The van der Waals surface area contributed by atoms with Gasteiger partial charge in [0, 0.05) is 10.4 Å². The van der Waals surface area contributed by atoms with Gasteiger partial charge < -0.3 is 4.98 Å². The number of fused-ring (bicyclic) bond motifs is 3. The van der Waals surface area contributed by atoms with E-state index in [1.54, 1.807) is 23.5 Å². The van der Waals surface area contributed by atoms with E-state index < -0.39 is 0 Å². The van der Waals surface area contributed by atoms with Crippen molar-refractivity contribution in [2.24, 2.45) is 0 Å². The second kappa shape index (κ2) is 7.14. The van der Waals surface area contributed by atoms with Gasteiger partial charge in [0.25, 0.3) is 5.56 Å². The van der Waals surface area contributed by atoms with Gasteiger partial charge in [-0.1, -0.05) is 48.5 Å². The maximum atomic E-state index is 12.6. The molecule has 2 heterocycles. The molecule has 4 rings (SSSR count). The minimum Gasteiger partial charge on any atom is -0.301 e. The Morgan fingerprint density at radius 1 is 1.16 bits per heavy atom. The molecule has 25 heavy (non-hydrogen) atoms. The van der Waals surface area contributed by atoms with Crippen LogP contribution in [0.5, 0.6) is 0 Å². The summed E-state index contributed by atoms with van der Waals surface area (Å²) in [4.78, 5) is 34.4. The number of aromatic nitrogens is 2. The summed E-state index contributed by atoms with van der Waals surface area (Å²) in [6, 6.07) is 9.19. The van der Waals surface area contributed by atoms with E-state index in [1.807, 2.05) is 18.2 Å². The smallest absolute Gasteiger partial charge is 0.260 e. The van der Waals surface area contributed by atoms with Crippen LogP contribution in [0.4, 0.5) is 0 Å². The molecule has 1 aliphatic rings. The number of rotatable bonds is 4. The number of Topliss-reactive ketones (excluding diaryl/α,β-unsaturated/α-hetero) is 1. The number of aromatic amines is 1. The number of ketones is 1. The fourth-order valence-corrected chi connectivity index (χ4v) is 5.31. The highest BCUT2D eigenvalue weighted by Gasteiger charge is 2.19. The molecule has 0 bridgehead atoms. The third-order valence-corrected chi connectivity index (χ3v) is 6.55. The Bertz CT molecular complexity index is 976. The van der Waals surface area contributed by atoms with E-state index in [2.05, 4.69) is 9.97 Å². The third kappa shape index (κ3) is 3.41. The van der Waals surface area contributed by atoms with Gasteiger partial charge in [-0.05, 0) is 31.2 Å². The van der Waals surface area contributed by atoms with E-state index in [1.165, 1.54) is 35.0 Å². The van der Waals surface area contributed by atoms with Crippen LogP contribution in [0.3, 0.4) is 0 Å². The van der Waals surface area contributed by atoms with Crippen LogP contribution in [-0.2, 0) is 12.8 Å². The molecule has 128 valence electrons. The van der Waals surface area contributed by atoms with Crippen LogP contribution in [0, 0.1) is 0 Å². The van der Waals surface area contributed by atoms with E-state index in [0.29, 0.717) is 10.7 Å². The lowest BCUT2D eigenvalue weighted by molar-refractivity contribution is 0.102. The van der Waals surface area contributed by atoms with Crippen molar-refractivity contribution >= 4 is 39.1 Å². The van der Waals surface area contributed by atoms with Gasteiger partial charge in [0.2, 0.25) is 0 Å². The van der Waals surface area contributed by atoms with Crippen molar-refractivity contribution in [3.8, 4) is 0 Å². The van der Waals surface area contributed by atoms with Crippen LogP contribution in [0.2, 0.25) is 0 Å². The van der Waals surface area contributed by atoms with Crippen LogP contribution >= 0.6 is 23.1 Å². The van der Waals surface area contributed by atoms with Crippen molar-refractivity contribution in [1.82, 2.24) is 9.97 Å². The summed E-state index contributed by atoms with van der Waals surface area (Å²) >= 11 is 2.94. The van der Waals surface area contributed by atoms with Gasteiger partial charge in [0.05, 0.1) is 11.1 Å². The summed E-state index contributed by atoms with van der Waals surface area (Å²) < 4.78 is 0. The summed E-state index contributed by atoms with van der Waals surface area (Å²) in [7, 11) is 0. The molecular weight excluding hydrogens is 352 g/mol. The van der Waals surface area contributed by atoms with E-state index in [0.717, 1.165) is 29.5 Å². The van der Waals surface area contributed by atoms with Gasteiger partial charge >= 0.3 is 0 Å². The van der Waals surface area contributed by atoms with E-state index in [-0.39, 0.29) is 17.1 Å². The number of H-pyrrole nitrogens is 1. The lowest BCUT2D eigenvalue weighted by Gasteiger charge is -2.02. The molecule has 6 heteroatoms. The molecule has 0 atom stereocenters. The first kappa shape index (κ1) is 16.5. The number of carbonyl (C=O) groups is 1. The molecule has 1 aromatic carbocycles. The number of hydrogen-bond acceptors (Lipinski definition) is 5. The first-order chi connectivity index (χ1) is 12.2. The summed E-state index contributed by atoms with van der Waals surface area (Å²) in [6.07, 6.45) is 5.57. The van der Waals surface area contributed by atoms with Gasteiger partial charge in [-0.3, -0.25) is 9.59 Å². The summed E-state index contributed by atoms with van der Waals surface area (Å²) in [5, 5.41) is 1.29. The molecule has 1 N–H and O–H groups in total. The minimum atomic E-state index is -0.0703. The predicted molar refractivity (Wildman–Crippen MR) is 103 cm³/mol. The molecule has 0 aliphatic heterocycles. The quantitative estimate of drug-likeness (QED) is 0.323. The van der Waals surface area contributed by atoms with Crippen molar-refractivity contribution in [2.45, 2.75) is 37.3 Å². The molecule has 0 spiro atoms. The number of hydrogen-bond donors (Lipinski definition) is 1. The molecule has 2 aromatic heterocycles. The zero-order chi connectivity index (χ0) is 17.2. The van der Waals surface area contributed by atoms with E-state index in [4.69, 9.17) is 0 Å². The monoisotopic (exact) mass is 370 g/mol. The molecule has 0 fully saturated rings. The van der Waals surface area contributed by atoms with Crippen LogP contribution in [0.15, 0.2) is 40.3 Å². The number of nitrogens with zero attached hydrogens (tertiary/aromatic N) is 1. The molecule has 4 nitrogen and oxygen atoms in total. The van der Waals surface area contributed by atoms with Gasteiger partial charge in [-0.15, -0.1) is 11.3 Å². The SMILES string of the molecule is O=C(CSc1nc2sc3c(c2c(=O)[nH]1)CCCCC3)c1ccccc1. The van der Waals surface area contributed by atoms with Crippen molar-refractivity contribution in [1.29, 1.82) is 0 Å². The number of nitrogens with one attached hydrogen (secondary N) is 1. The Balaban J connectivity index is 1.59. The lowest BCUT2D eigenvalue weighted by atomic mass is 10.1. The Kier molecular flexibility index (Phi) is 4.72. The van der Waals surface area contributed by atoms with Gasteiger partial charge in [0.1, 0.15) is 4.83 Å². The minimum absolute atomic E-state index is 0.0373. The standard InChI is InChI=1S/C19H18N2O2S2/c22-14(12-7-3-1-4-8-12)11-24-19-20-17(23)16-13-9-5-2-6-10-15(13)25-18(16)21-19/h1,3-4,7-8H,2,5-6,9-11H2,(H,20,21,23). The summed E-state index contributed by atoms with van der Waals surface area (Å²) in [5.41, 5.74) is 1.81. The van der Waals surface area contributed by atoms with Crippen LogP contribution in [0.1, 0.15) is 40.1 Å². The van der Waals surface area contributed by atoms with Crippen LogP contribution in [-0.4, -0.2) is 21.5 Å². The zero-order valence-corrected chi connectivity index (χ0v) is 15.3. The first-order valence-corrected chi connectivity index (χ1v) is 10.3. The Labute approximate surface area is 153 Å². The van der Waals surface area contributed by atoms with Crippen molar-refractivity contribution in [3.63, 3.8) is 0 Å². The zero-order valence-electron chi connectivity index (χ0n) is 13.7. The fourth-order valence-electron chi connectivity index (χ4n) is 3.23. The predicted octanol–water partition coefficient (Wildman–Crippen LogP) is 4.23. The number of benzene rings is 1. The Hall–Kier alpha value is -1.92. The molecule has 0 amide bonds. The van der Waals surface area contributed by atoms with Crippen LogP contribution < -0.4 is 5.56 Å². The summed E-state index contributed by atoms with van der Waals surface area (Å²) in [6.45, 7) is 0. The highest BCUT2D eigenvalue weighted by Crippen LogP contribution is 2.33. The summed E-state index contributed by atoms with van der Waals surface area (Å²) in [5.74, 6) is 0.305. The normalized spacial score (nSPS) is 14.2. The molecule has 0 saturated carbocycles. The lowest BCUT2D eigenvalue weighted by Crippen LogP contribution is -2.11. The number of aryl methyl sites for hydroxylation is 2. The highest BCUT2D eigenvalue weighted by molar-refractivity contribution is 7.99. The van der Waals surface area contributed by atoms with E-state index in [9.17, 15) is 9.59 Å². The molecule has 0 radical (unpaired) electrons. The number of thiophene rings is 1.